The van der Waals surface area contributed by atoms with Crippen LogP contribution in [0.1, 0.15) is 0 Å². The van der Waals surface area contributed by atoms with Gasteiger partial charge < -0.3 is 4.90 Å². The van der Waals surface area contributed by atoms with E-state index in [2.05, 4.69) is 203 Å². The van der Waals surface area contributed by atoms with Crippen LogP contribution in [0.5, 0.6) is 0 Å². The van der Waals surface area contributed by atoms with Gasteiger partial charge in [-0.05, 0) is 137 Å². The van der Waals surface area contributed by atoms with Gasteiger partial charge in [0.05, 0.1) is 0 Å². The lowest BCUT2D eigenvalue weighted by molar-refractivity contribution is 1.29. The SMILES string of the molecule is c1ccc2cc(-c3ccc4c(ccc5cc(N(c6ccc(-c7cccc8ccncc78)cc6)c6ccc(-c7cccc8ccncc78)cc6)ccc54)c3)ccc2c1. The van der Waals surface area contributed by atoms with E-state index in [0.29, 0.717) is 0 Å². The van der Waals surface area contributed by atoms with E-state index in [9.17, 15) is 0 Å². The summed E-state index contributed by atoms with van der Waals surface area (Å²) in [4.78, 5) is 11.2. The summed E-state index contributed by atoms with van der Waals surface area (Å²) in [5.74, 6) is 0. The smallest absolute Gasteiger partial charge is 0.0468 e. The van der Waals surface area contributed by atoms with Gasteiger partial charge in [-0.2, -0.15) is 0 Å². The molecule has 0 radical (unpaired) electrons. The Bertz CT molecular complexity index is 3160. The van der Waals surface area contributed by atoms with Crippen molar-refractivity contribution < 1.29 is 0 Å². The van der Waals surface area contributed by atoms with Crippen molar-refractivity contribution in [2.45, 2.75) is 0 Å². The third-order valence-corrected chi connectivity index (χ3v) is 11.4. The number of hydrogen-bond donors (Lipinski definition) is 0. The fourth-order valence-corrected chi connectivity index (χ4v) is 8.50. The first kappa shape index (κ1) is 32.8. The molecule has 0 saturated carbocycles. The van der Waals surface area contributed by atoms with Crippen molar-refractivity contribution in [3.05, 3.63) is 213 Å². The van der Waals surface area contributed by atoms with Crippen molar-refractivity contribution >= 4 is 70.9 Å². The summed E-state index contributed by atoms with van der Waals surface area (Å²) in [6, 6.07) is 68.4. The quantitative estimate of drug-likeness (QED) is 0.160. The number of fused-ring (bicyclic) bond motifs is 6. The van der Waals surface area contributed by atoms with E-state index < -0.39 is 0 Å². The highest BCUT2D eigenvalue weighted by Gasteiger charge is 2.16. The van der Waals surface area contributed by atoms with Gasteiger partial charge in [0, 0.05) is 52.6 Å². The molecule has 0 aliphatic rings. The van der Waals surface area contributed by atoms with E-state index in [0.717, 1.165) is 39.0 Å². The minimum Gasteiger partial charge on any atom is -0.310 e. The van der Waals surface area contributed by atoms with Crippen molar-refractivity contribution in [2.24, 2.45) is 0 Å². The standard InChI is InChI=1S/C54H35N3/c1-2-6-41-31-42(12-11-36(41)5-1)43-19-25-51-44(32-43)13-14-45-33-48(24-26-52(45)51)57(46-20-15-39(16-21-46)49-9-3-7-37-27-29-55-34-53(37)49)47-22-17-40(18-23-47)50-10-4-8-38-28-30-56-35-54(38)50/h1-35H. The summed E-state index contributed by atoms with van der Waals surface area (Å²) >= 11 is 0. The Kier molecular flexibility index (Phi) is 7.82. The van der Waals surface area contributed by atoms with Crippen LogP contribution < -0.4 is 4.90 Å². The van der Waals surface area contributed by atoms with Gasteiger partial charge in [0.2, 0.25) is 0 Å². The fraction of sp³-hybridized carbons (Fsp3) is 0. The van der Waals surface area contributed by atoms with Gasteiger partial charge >= 0.3 is 0 Å². The van der Waals surface area contributed by atoms with Crippen LogP contribution in [0, 0.1) is 0 Å². The number of pyridine rings is 2. The first-order valence-electron chi connectivity index (χ1n) is 19.4. The summed E-state index contributed by atoms with van der Waals surface area (Å²) in [5.41, 5.74) is 10.4. The van der Waals surface area contributed by atoms with Crippen LogP contribution in [-0.2, 0) is 0 Å². The summed E-state index contributed by atoms with van der Waals surface area (Å²) in [5, 5.41) is 12.1. The van der Waals surface area contributed by atoms with Gasteiger partial charge in [-0.1, -0.05) is 127 Å². The molecule has 57 heavy (non-hydrogen) atoms. The number of benzene rings is 9. The molecule has 3 nitrogen and oxygen atoms in total. The van der Waals surface area contributed by atoms with Crippen LogP contribution in [0.25, 0.3) is 87.2 Å². The number of anilines is 3. The zero-order valence-corrected chi connectivity index (χ0v) is 31.0. The molecule has 3 heteroatoms. The van der Waals surface area contributed by atoms with Crippen molar-refractivity contribution in [2.75, 3.05) is 4.90 Å². The van der Waals surface area contributed by atoms with Crippen LogP contribution in [0.15, 0.2) is 213 Å². The molecule has 266 valence electrons. The van der Waals surface area contributed by atoms with E-state index >= 15 is 0 Å². The molecule has 2 aromatic heterocycles. The number of aromatic nitrogens is 2. The Morgan fingerprint density at radius 1 is 0.281 bits per heavy atom. The highest BCUT2D eigenvalue weighted by atomic mass is 15.1. The van der Waals surface area contributed by atoms with Crippen LogP contribution in [0.2, 0.25) is 0 Å². The van der Waals surface area contributed by atoms with Gasteiger partial charge in [0.15, 0.2) is 0 Å². The molecule has 0 aliphatic carbocycles. The minimum absolute atomic E-state index is 1.08. The number of hydrogen-bond acceptors (Lipinski definition) is 3. The van der Waals surface area contributed by atoms with Crippen LogP contribution in [0.4, 0.5) is 17.1 Å². The lowest BCUT2D eigenvalue weighted by atomic mass is 9.96. The molecule has 0 bridgehead atoms. The monoisotopic (exact) mass is 725 g/mol. The van der Waals surface area contributed by atoms with Crippen molar-refractivity contribution in [1.82, 2.24) is 9.97 Å². The van der Waals surface area contributed by atoms with E-state index in [-0.39, 0.29) is 0 Å². The molecule has 0 unspecified atom stereocenters. The Labute approximate surface area is 330 Å². The molecule has 0 spiro atoms. The normalized spacial score (nSPS) is 11.5. The van der Waals surface area contributed by atoms with Crippen molar-refractivity contribution in [1.29, 1.82) is 0 Å². The van der Waals surface area contributed by atoms with Crippen LogP contribution in [-0.4, -0.2) is 9.97 Å². The second kappa shape index (κ2) is 13.6. The molecule has 0 fully saturated rings. The Morgan fingerprint density at radius 3 is 1.35 bits per heavy atom. The molecule has 11 rings (SSSR count). The fourth-order valence-electron chi connectivity index (χ4n) is 8.50. The Morgan fingerprint density at radius 2 is 0.737 bits per heavy atom. The molecular formula is C54H35N3. The average molecular weight is 726 g/mol. The largest absolute Gasteiger partial charge is 0.310 e. The summed E-state index contributed by atoms with van der Waals surface area (Å²) < 4.78 is 0. The topological polar surface area (TPSA) is 29.0 Å². The average Bonchev–Trinajstić information content (AvgIpc) is 3.29. The van der Waals surface area contributed by atoms with E-state index in [1.807, 2.05) is 24.8 Å². The lowest BCUT2D eigenvalue weighted by Gasteiger charge is -2.26. The zero-order chi connectivity index (χ0) is 37.7. The van der Waals surface area contributed by atoms with Gasteiger partial charge in [0.25, 0.3) is 0 Å². The van der Waals surface area contributed by atoms with Gasteiger partial charge in [-0.3, -0.25) is 9.97 Å². The summed E-state index contributed by atoms with van der Waals surface area (Å²) in [6.45, 7) is 0. The third-order valence-electron chi connectivity index (χ3n) is 11.4. The maximum absolute atomic E-state index is 4.43. The van der Waals surface area contributed by atoms with Crippen LogP contribution >= 0.6 is 0 Å². The van der Waals surface area contributed by atoms with E-state index in [1.165, 1.54) is 65.3 Å². The molecule has 9 aromatic carbocycles. The molecule has 0 atom stereocenters. The third kappa shape index (κ3) is 5.85. The maximum Gasteiger partial charge on any atom is 0.0468 e. The Balaban J connectivity index is 1.00. The molecule has 0 aliphatic heterocycles. The number of nitrogens with zero attached hydrogens (tertiary/aromatic N) is 3. The molecule has 0 N–H and O–H groups in total. The second-order valence-corrected chi connectivity index (χ2v) is 14.7. The Hall–Kier alpha value is -7.62. The van der Waals surface area contributed by atoms with Gasteiger partial charge in [-0.25, -0.2) is 0 Å². The highest BCUT2D eigenvalue weighted by Crippen LogP contribution is 2.40. The first-order valence-corrected chi connectivity index (χ1v) is 19.4. The zero-order valence-electron chi connectivity index (χ0n) is 31.0. The highest BCUT2D eigenvalue weighted by molar-refractivity contribution is 6.10. The number of rotatable bonds is 6. The molecular weight excluding hydrogens is 691 g/mol. The summed E-state index contributed by atoms with van der Waals surface area (Å²) in [7, 11) is 0. The summed E-state index contributed by atoms with van der Waals surface area (Å²) in [6.07, 6.45) is 7.62. The van der Waals surface area contributed by atoms with Crippen molar-refractivity contribution in [3.8, 4) is 33.4 Å². The maximum atomic E-state index is 4.43. The van der Waals surface area contributed by atoms with Gasteiger partial charge in [-0.15, -0.1) is 0 Å². The van der Waals surface area contributed by atoms with E-state index in [4.69, 9.17) is 0 Å². The molecule has 0 saturated heterocycles. The first-order chi connectivity index (χ1) is 28.2. The molecule has 11 aromatic rings. The molecule has 2 heterocycles. The van der Waals surface area contributed by atoms with Crippen LogP contribution in [0.3, 0.4) is 0 Å². The van der Waals surface area contributed by atoms with Crippen molar-refractivity contribution in [3.63, 3.8) is 0 Å². The van der Waals surface area contributed by atoms with E-state index in [1.54, 1.807) is 0 Å². The second-order valence-electron chi connectivity index (χ2n) is 14.7. The van der Waals surface area contributed by atoms with Gasteiger partial charge in [0.1, 0.15) is 0 Å². The molecule has 0 amide bonds. The minimum atomic E-state index is 1.08. The predicted octanol–water partition coefficient (Wildman–Crippen LogP) is 14.7. The lowest BCUT2D eigenvalue weighted by Crippen LogP contribution is -2.09. The predicted molar refractivity (Wildman–Crippen MR) is 241 cm³/mol.